The Kier molecular flexibility index (Phi) is 5.61. The lowest BCUT2D eigenvalue weighted by molar-refractivity contribution is 0.262. The maximum atomic E-state index is 5.88. The van der Waals surface area contributed by atoms with Crippen LogP contribution in [0.3, 0.4) is 0 Å². The molecule has 1 heterocycles. The second-order valence-corrected chi connectivity index (χ2v) is 4.19. The zero-order valence-electron chi connectivity index (χ0n) is 7.92. The van der Waals surface area contributed by atoms with Gasteiger partial charge in [-0.2, -0.15) is 0 Å². The van der Waals surface area contributed by atoms with Crippen LogP contribution < -0.4 is 11.1 Å². The van der Waals surface area contributed by atoms with Crippen molar-refractivity contribution in [3.63, 3.8) is 0 Å². The molecule has 1 unspecified atom stereocenters. The molecule has 0 amide bonds. The zero-order chi connectivity index (χ0) is 7.73. The van der Waals surface area contributed by atoms with Gasteiger partial charge in [-0.25, -0.2) is 0 Å². The molecule has 0 aromatic heterocycles. The van der Waals surface area contributed by atoms with E-state index in [0.29, 0.717) is 11.6 Å². The van der Waals surface area contributed by atoms with Crippen LogP contribution in [0.2, 0.25) is 0 Å². The van der Waals surface area contributed by atoms with Gasteiger partial charge in [-0.05, 0) is 19.3 Å². The fourth-order valence-corrected chi connectivity index (χ4v) is 2.60. The molecule has 4 heteroatoms. The predicted octanol–water partition coefficient (Wildman–Crippen LogP) is 1.85. The van der Waals surface area contributed by atoms with E-state index < -0.39 is 0 Å². The number of halogens is 2. The van der Waals surface area contributed by atoms with E-state index in [-0.39, 0.29) is 24.8 Å². The van der Waals surface area contributed by atoms with Crippen molar-refractivity contribution >= 4 is 24.8 Å². The van der Waals surface area contributed by atoms with Gasteiger partial charge >= 0.3 is 0 Å². The first kappa shape index (κ1) is 13.5. The van der Waals surface area contributed by atoms with Gasteiger partial charge in [0, 0.05) is 18.1 Å². The smallest absolute Gasteiger partial charge is 0.0197 e. The van der Waals surface area contributed by atoms with Crippen LogP contribution in [-0.4, -0.2) is 18.1 Å². The maximum absolute atomic E-state index is 5.88. The average Bonchev–Trinajstić information content (AvgIpc) is 2.34. The van der Waals surface area contributed by atoms with Crippen LogP contribution in [-0.2, 0) is 0 Å². The Morgan fingerprint density at radius 3 is 2.15 bits per heavy atom. The molecule has 0 bridgehead atoms. The molecule has 0 aromatic rings. The van der Waals surface area contributed by atoms with Crippen LogP contribution in [0, 0.1) is 0 Å². The summed E-state index contributed by atoms with van der Waals surface area (Å²) in [5.41, 5.74) is 6.35. The van der Waals surface area contributed by atoms with Crippen LogP contribution in [0.1, 0.15) is 38.5 Å². The summed E-state index contributed by atoms with van der Waals surface area (Å²) in [6.45, 7) is 1.04. The zero-order valence-corrected chi connectivity index (χ0v) is 9.55. The minimum absolute atomic E-state index is 0. The predicted molar refractivity (Wildman–Crippen MR) is 60.9 cm³/mol. The Balaban J connectivity index is 0.000000720. The molecule has 0 aromatic carbocycles. The van der Waals surface area contributed by atoms with E-state index in [1.54, 1.807) is 0 Å². The number of hydrogen-bond acceptors (Lipinski definition) is 2. The molecule has 2 nitrogen and oxygen atoms in total. The third-order valence-electron chi connectivity index (χ3n) is 3.20. The highest BCUT2D eigenvalue weighted by molar-refractivity contribution is 5.85. The van der Waals surface area contributed by atoms with Crippen molar-refractivity contribution < 1.29 is 0 Å². The molecule has 0 radical (unpaired) electrons. The minimum Gasteiger partial charge on any atom is -0.326 e. The van der Waals surface area contributed by atoms with Gasteiger partial charge in [0.15, 0.2) is 0 Å². The van der Waals surface area contributed by atoms with Gasteiger partial charge in [-0.3, -0.25) is 0 Å². The van der Waals surface area contributed by atoms with Crippen molar-refractivity contribution in [3.05, 3.63) is 0 Å². The van der Waals surface area contributed by atoms with E-state index in [2.05, 4.69) is 5.32 Å². The third kappa shape index (κ3) is 2.98. The van der Waals surface area contributed by atoms with E-state index in [4.69, 9.17) is 5.73 Å². The second kappa shape index (κ2) is 5.40. The SMILES string of the molecule is Cl.Cl.NC1CNC2(CCCCC2)C1. The fourth-order valence-electron chi connectivity index (χ4n) is 2.60. The number of rotatable bonds is 0. The summed E-state index contributed by atoms with van der Waals surface area (Å²) in [5.74, 6) is 0. The summed E-state index contributed by atoms with van der Waals surface area (Å²) in [6, 6.07) is 0.424. The Morgan fingerprint density at radius 1 is 1.08 bits per heavy atom. The van der Waals surface area contributed by atoms with Crippen molar-refractivity contribution in [2.45, 2.75) is 50.1 Å². The first-order valence-corrected chi connectivity index (χ1v) is 4.81. The Labute approximate surface area is 92.8 Å². The molecular weight excluding hydrogens is 207 g/mol. The molecule has 3 N–H and O–H groups in total. The summed E-state index contributed by atoms with van der Waals surface area (Å²) < 4.78 is 0. The highest BCUT2D eigenvalue weighted by atomic mass is 35.5. The lowest BCUT2D eigenvalue weighted by Crippen LogP contribution is -2.41. The highest BCUT2D eigenvalue weighted by Gasteiger charge is 2.37. The van der Waals surface area contributed by atoms with Crippen molar-refractivity contribution in [3.8, 4) is 0 Å². The molecule has 1 saturated heterocycles. The van der Waals surface area contributed by atoms with Crippen LogP contribution >= 0.6 is 24.8 Å². The summed E-state index contributed by atoms with van der Waals surface area (Å²) in [4.78, 5) is 0. The fraction of sp³-hybridized carbons (Fsp3) is 1.00. The number of hydrogen-bond donors (Lipinski definition) is 2. The molecule has 2 fully saturated rings. The topological polar surface area (TPSA) is 38.0 Å². The largest absolute Gasteiger partial charge is 0.326 e. The van der Waals surface area contributed by atoms with Gasteiger partial charge in [-0.15, -0.1) is 24.8 Å². The van der Waals surface area contributed by atoms with Gasteiger partial charge in [0.05, 0.1) is 0 Å². The summed E-state index contributed by atoms with van der Waals surface area (Å²) in [7, 11) is 0. The maximum Gasteiger partial charge on any atom is 0.0197 e. The van der Waals surface area contributed by atoms with Gasteiger partial charge in [0.25, 0.3) is 0 Å². The molecule has 1 aliphatic heterocycles. The summed E-state index contributed by atoms with van der Waals surface area (Å²) >= 11 is 0. The van der Waals surface area contributed by atoms with Gasteiger partial charge in [0.2, 0.25) is 0 Å². The van der Waals surface area contributed by atoms with E-state index >= 15 is 0 Å². The second-order valence-electron chi connectivity index (χ2n) is 4.19. The first-order chi connectivity index (χ1) is 5.31. The molecule has 2 aliphatic rings. The summed E-state index contributed by atoms with van der Waals surface area (Å²) in [6.07, 6.45) is 8.17. The normalized spacial score (nSPS) is 30.7. The Morgan fingerprint density at radius 2 is 1.69 bits per heavy atom. The Bertz CT molecular complexity index is 141. The van der Waals surface area contributed by atoms with E-state index in [1.807, 2.05) is 0 Å². The van der Waals surface area contributed by atoms with Crippen molar-refractivity contribution in [1.29, 1.82) is 0 Å². The van der Waals surface area contributed by atoms with Crippen LogP contribution in [0.4, 0.5) is 0 Å². The monoisotopic (exact) mass is 226 g/mol. The van der Waals surface area contributed by atoms with Crippen LogP contribution in [0.25, 0.3) is 0 Å². The molecule has 1 saturated carbocycles. The molecule has 1 atom stereocenters. The standard InChI is InChI=1S/C9H18N2.2ClH/c10-8-6-9(11-7-8)4-2-1-3-5-9;;/h8,11H,1-7,10H2;2*1H. The molecular formula is C9H20Cl2N2. The first-order valence-electron chi connectivity index (χ1n) is 4.81. The third-order valence-corrected chi connectivity index (χ3v) is 3.20. The van der Waals surface area contributed by atoms with Crippen molar-refractivity contribution in [2.24, 2.45) is 5.73 Å². The molecule has 1 spiro atoms. The van der Waals surface area contributed by atoms with Crippen LogP contribution in [0.15, 0.2) is 0 Å². The lowest BCUT2D eigenvalue weighted by Gasteiger charge is -2.33. The van der Waals surface area contributed by atoms with Gasteiger partial charge in [-0.1, -0.05) is 19.3 Å². The van der Waals surface area contributed by atoms with Crippen molar-refractivity contribution in [1.82, 2.24) is 5.32 Å². The molecule has 1 aliphatic carbocycles. The highest BCUT2D eigenvalue weighted by Crippen LogP contribution is 2.34. The quantitative estimate of drug-likeness (QED) is 0.662. The minimum atomic E-state index is 0. The van der Waals surface area contributed by atoms with E-state index in [1.165, 1.54) is 38.5 Å². The Hall–Kier alpha value is 0.500. The van der Waals surface area contributed by atoms with Crippen LogP contribution in [0.5, 0.6) is 0 Å². The van der Waals surface area contributed by atoms with E-state index in [0.717, 1.165) is 6.54 Å². The number of nitrogens with one attached hydrogen (secondary N) is 1. The number of nitrogens with two attached hydrogens (primary N) is 1. The average molecular weight is 227 g/mol. The van der Waals surface area contributed by atoms with Gasteiger partial charge in [0.1, 0.15) is 0 Å². The molecule has 2 rings (SSSR count). The lowest BCUT2D eigenvalue weighted by atomic mass is 9.80. The van der Waals surface area contributed by atoms with Crippen molar-refractivity contribution in [2.75, 3.05) is 6.54 Å². The molecule has 80 valence electrons. The summed E-state index contributed by atoms with van der Waals surface area (Å²) in [5, 5.41) is 3.60. The molecule has 13 heavy (non-hydrogen) atoms. The van der Waals surface area contributed by atoms with E-state index in [9.17, 15) is 0 Å². The van der Waals surface area contributed by atoms with Gasteiger partial charge < -0.3 is 11.1 Å².